The lowest BCUT2D eigenvalue weighted by atomic mass is 10.0. The molecular formula is C14H15BrN2O2. The van der Waals surface area contributed by atoms with Crippen LogP contribution in [-0.2, 0) is 16.7 Å². The quantitative estimate of drug-likeness (QED) is 0.656. The minimum atomic E-state index is -1.47. The molecule has 0 saturated carbocycles. The maximum absolute atomic E-state index is 11.3. The van der Waals surface area contributed by atoms with Crippen molar-refractivity contribution in [2.24, 2.45) is 5.73 Å². The summed E-state index contributed by atoms with van der Waals surface area (Å²) >= 11 is 3.44. The Morgan fingerprint density at radius 2 is 2.21 bits per heavy atom. The van der Waals surface area contributed by atoms with Crippen LogP contribution < -0.4 is 5.73 Å². The van der Waals surface area contributed by atoms with Crippen molar-refractivity contribution in [1.29, 1.82) is 0 Å². The van der Waals surface area contributed by atoms with Crippen molar-refractivity contribution in [2.45, 2.75) is 17.4 Å². The maximum Gasteiger partial charge on any atom is 0.329 e. The van der Waals surface area contributed by atoms with Crippen molar-refractivity contribution in [3.05, 3.63) is 48.7 Å². The van der Waals surface area contributed by atoms with E-state index in [0.717, 1.165) is 16.5 Å². The Labute approximate surface area is 119 Å². The molecule has 4 nitrogen and oxygen atoms in total. The molecule has 0 saturated heterocycles. The third-order valence-electron chi connectivity index (χ3n) is 3.21. The van der Waals surface area contributed by atoms with Crippen molar-refractivity contribution in [3.63, 3.8) is 0 Å². The number of hydrogen-bond donors (Lipinski definition) is 2. The van der Waals surface area contributed by atoms with Crippen LogP contribution in [0.3, 0.4) is 0 Å². The molecule has 5 heteroatoms. The van der Waals surface area contributed by atoms with Crippen LogP contribution in [0.2, 0.25) is 0 Å². The first kappa shape index (κ1) is 13.8. The Bertz CT molecular complexity index is 635. The molecule has 0 fully saturated rings. The summed E-state index contributed by atoms with van der Waals surface area (Å²) in [5.41, 5.74) is 6.47. The zero-order valence-electron chi connectivity index (χ0n) is 10.3. The van der Waals surface area contributed by atoms with Gasteiger partial charge in [-0.3, -0.25) is 0 Å². The van der Waals surface area contributed by atoms with Crippen LogP contribution in [-0.4, -0.2) is 21.2 Å². The van der Waals surface area contributed by atoms with Crippen LogP contribution in [0.15, 0.2) is 43.1 Å². The number of nitrogens with two attached hydrogens (primary N) is 1. The fourth-order valence-electron chi connectivity index (χ4n) is 2.06. The number of carbonyl (C=O) groups is 1. The molecule has 2 aromatic rings. The topological polar surface area (TPSA) is 68.2 Å². The highest BCUT2D eigenvalue weighted by Gasteiger charge is 2.31. The minimum absolute atomic E-state index is 0.152. The minimum Gasteiger partial charge on any atom is -0.480 e. The van der Waals surface area contributed by atoms with Crippen molar-refractivity contribution < 1.29 is 9.90 Å². The summed E-state index contributed by atoms with van der Waals surface area (Å²) in [5.74, 6) is -1.08. The third kappa shape index (κ3) is 2.43. The highest BCUT2D eigenvalue weighted by molar-refractivity contribution is 9.08. The Morgan fingerprint density at radius 1 is 1.53 bits per heavy atom. The van der Waals surface area contributed by atoms with Gasteiger partial charge in [0.1, 0.15) is 0 Å². The Balaban J connectivity index is 2.52. The van der Waals surface area contributed by atoms with Crippen LogP contribution in [0, 0.1) is 0 Å². The molecule has 3 N–H and O–H groups in total. The third-order valence-corrected chi connectivity index (χ3v) is 3.81. The van der Waals surface area contributed by atoms with E-state index in [-0.39, 0.29) is 6.54 Å². The average molecular weight is 323 g/mol. The van der Waals surface area contributed by atoms with E-state index >= 15 is 0 Å². The Hall–Kier alpha value is -1.59. The molecule has 1 unspecified atom stereocenters. The predicted octanol–water partition coefficient (Wildman–Crippen LogP) is 2.50. The molecule has 0 spiro atoms. The standard InChI is InChI=1S/C14H15BrN2O2/c1-2-14(16,13(18)19)9-17-8-10(7-15)11-5-3-4-6-12(11)17/h2-6,8H,1,7,9,16H2,(H,18,19). The molecular weight excluding hydrogens is 308 g/mol. The van der Waals surface area contributed by atoms with E-state index in [1.165, 1.54) is 6.08 Å². The number of halogens is 1. The average Bonchev–Trinajstić information content (AvgIpc) is 2.76. The summed E-state index contributed by atoms with van der Waals surface area (Å²) in [6, 6.07) is 7.84. The number of aliphatic carboxylic acids is 1. The molecule has 0 aliphatic heterocycles. The molecule has 1 heterocycles. The Morgan fingerprint density at radius 3 is 2.79 bits per heavy atom. The van der Waals surface area contributed by atoms with Crippen molar-refractivity contribution >= 4 is 32.8 Å². The molecule has 19 heavy (non-hydrogen) atoms. The monoisotopic (exact) mass is 322 g/mol. The van der Waals surface area contributed by atoms with Crippen molar-refractivity contribution in [3.8, 4) is 0 Å². The number of nitrogens with zero attached hydrogens (tertiary/aromatic N) is 1. The number of alkyl halides is 1. The lowest BCUT2D eigenvalue weighted by molar-refractivity contribution is -0.141. The first-order chi connectivity index (χ1) is 9.01. The smallest absolute Gasteiger partial charge is 0.329 e. The number of carboxylic acids is 1. The first-order valence-electron chi connectivity index (χ1n) is 5.80. The van der Waals surface area contributed by atoms with Gasteiger partial charge in [0, 0.05) is 22.4 Å². The Kier molecular flexibility index (Phi) is 3.78. The number of benzene rings is 1. The fraction of sp³-hybridized carbons (Fsp3) is 0.214. The summed E-state index contributed by atoms with van der Waals surface area (Å²) < 4.78 is 1.86. The van der Waals surface area contributed by atoms with Gasteiger partial charge in [-0.25, -0.2) is 4.79 Å². The first-order valence-corrected chi connectivity index (χ1v) is 6.92. The molecule has 0 radical (unpaired) electrons. The van der Waals surface area contributed by atoms with Crippen LogP contribution >= 0.6 is 15.9 Å². The summed E-state index contributed by atoms with van der Waals surface area (Å²) in [7, 11) is 0. The second kappa shape index (κ2) is 5.19. The number of aromatic nitrogens is 1. The molecule has 0 aliphatic rings. The molecule has 1 aromatic heterocycles. The van der Waals surface area contributed by atoms with Gasteiger partial charge in [-0.1, -0.05) is 40.2 Å². The van der Waals surface area contributed by atoms with E-state index in [2.05, 4.69) is 22.5 Å². The van der Waals surface area contributed by atoms with Gasteiger partial charge in [-0.2, -0.15) is 0 Å². The molecule has 0 aliphatic carbocycles. The fourth-order valence-corrected chi connectivity index (χ4v) is 2.51. The summed E-state index contributed by atoms with van der Waals surface area (Å²) in [6.45, 7) is 3.68. The van der Waals surface area contributed by atoms with Gasteiger partial charge < -0.3 is 15.4 Å². The van der Waals surface area contributed by atoms with Gasteiger partial charge in [-0.15, -0.1) is 6.58 Å². The summed E-state index contributed by atoms with van der Waals surface area (Å²) in [5, 5.41) is 11.0. The lowest BCUT2D eigenvalue weighted by Gasteiger charge is -2.21. The van der Waals surface area contributed by atoms with Gasteiger partial charge in [0.2, 0.25) is 0 Å². The van der Waals surface area contributed by atoms with E-state index in [9.17, 15) is 9.90 Å². The highest BCUT2D eigenvalue weighted by Crippen LogP contribution is 2.24. The zero-order valence-corrected chi connectivity index (χ0v) is 11.9. The van der Waals surface area contributed by atoms with Crippen molar-refractivity contribution in [1.82, 2.24) is 4.57 Å². The zero-order chi connectivity index (χ0) is 14.0. The van der Waals surface area contributed by atoms with Gasteiger partial charge in [0.05, 0.1) is 6.54 Å². The van der Waals surface area contributed by atoms with Gasteiger partial charge in [0.15, 0.2) is 5.54 Å². The molecule has 100 valence electrons. The van der Waals surface area contributed by atoms with E-state index in [1.54, 1.807) is 0 Å². The van der Waals surface area contributed by atoms with E-state index < -0.39 is 11.5 Å². The molecule has 0 bridgehead atoms. The van der Waals surface area contributed by atoms with Crippen LogP contribution in [0.5, 0.6) is 0 Å². The van der Waals surface area contributed by atoms with Crippen LogP contribution in [0.4, 0.5) is 0 Å². The van der Waals surface area contributed by atoms with Gasteiger partial charge in [0.25, 0.3) is 0 Å². The molecule has 1 aromatic carbocycles. The summed E-state index contributed by atoms with van der Waals surface area (Å²) in [6.07, 6.45) is 3.20. The number of para-hydroxylation sites is 1. The summed E-state index contributed by atoms with van der Waals surface area (Å²) in [4.78, 5) is 11.3. The number of carboxylic acid groups (broad SMARTS) is 1. The molecule has 1 atom stereocenters. The SMILES string of the molecule is C=CC(N)(Cn1cc(CBr)c2ccccc21)C(=O)O. The number of hydrogen-bond acceptors (Lipinski definition) is 2. The normalized spacial score (nSPS) is 14.2. The van der Waals surface area contributed by atoms with E-state index in [1.807, 2.05) is 35.0 Å². The van der Waals surface area contributed by atoms with E-state index in [0.29, 0.717) is 5.33 Å². The number of fused-ring (bicyclic) bond motifs is 1. The second-order valence-corrected chi connectivity index (χ2v) is 5.04. The molecule has 2 rings (SSSR count). The van der Waals surface area contributed by atoms with Crippen LogP contribution in [0.1, 0.15) is 5.56 Å². The predicted molar refractivity (Wildman–Crippen MR) is 79.3 cm³/mol. The molecule has 0 amide bonds. The van der Waals surface area contributed by atoms with Gasteiger partial charge in [-0.05, 0) is 11.6 Å². The lowest BCUT2D eigenvalue weighted by Crippen LogP contribution is -2.49. The second-order valence-electron chi connectivity index (χ2n) is 4.48. The van der Waals surface area contributed by atoms with Crippen molar-refractivity contribution in [2.75, 3.05) is 0 Å². The highest BCUT2D eigenvalue weighted by atomic mass is 79.9. The van der Waals surface area contributed by atoms with E-state index in [4.69, 9.17) is 5.73 Å². The van der Waals surface area contributed by atoms with Gasteiger partial charge >= 0.3 is 5.97 Å². The number of rotatable bonds is 5. The largest absolute Gasteiger partial charge is 0.480 e. The maximum atomic E-state index is 11.3. The van der Waals surface area contributed by atoms with Crippen LogP contribution in [0.25, 0.3) is 10.9 Å².